The summed E-state index contributed by atoms with van der Waals surface area (Å²) in [6, 6.07) is 2.26. The van der Waals surface area contributed by atoms with Crippen LogP contribution in [0.1, 0.15) is 48.2 Å². The van der Waals surface area contributed by atoms with E-state index in [-0.39, 0.29) is 0 Å². The number of aromatic nitrogens is 1. The van der Waals surface area contributed by atoms with E-state index in [0.717, 1.165) is 31.0 Å². The van der Waals surface area contributed by atoms with Gasteiger partial charge in [0.2, 0.25) is 0 Å². The number of hydrogen-bond donors (Lipinski definition) is 1. The van der Waals surface area contributed by atoms with Gasteiger partial charge in [-0.3, -0.25) is 0 Å². The number of piperidine rings is 1. The summed E-state index contributed by atoms with van der Waals surface area (Å²) in [5, 5.41) is 5.08. The molecule has 118 valence electrons. The lowest BCUT2D eigenvalue weighted by atomic mass is 9.84. The van der Waals surface area contributed by atoms with Crippen LogP contribution in [0.15, 0.2) is 0 Å². The van der Waals surface area contributed by atoms with E-state index in [0.29, 0.717) is 6.04 Å². The molecule has 2 saturated heterocycles. The van der Waals surface area contributed by atoms with Gasteiger partial charge in [-0.25, -0.2) is 4.98 Å². The van der Waals surface area contributed by atoms with Gasteiger partial charge < -0.3 is 10.2 Å². The quantitative estimate of drug-likeness (QED) is 0.906. The predicted octanol–water partition coefficient (Wildman–Crippen LogP) is 3.15. The Morgan fingerprint density at radius 1 is 1.29 bits per heavy atom. The molecular weight excluding hydrogens is 278 g/mol. The van der Waals surface area contributed by atoms with E-state index in [2.05, 4.69) is 38.0 Å². The van der Waals surface area contributed by atoms with Crippen LogP contribution in [0.3, 0.4) is 0 Å². The lowest BCUT2D eigenvalue weighted by molar-refractivity contribution is 0.112. The highest BCUT2D eigenvalue weighted by Gasteiger charge is 2.40. The number of aryl methyl sites for hydroxylation is 2. The van der Waals surface area contributed by atoms with Crippen molar-refractivity contribution >= 4 is 11.3 Å². The molecule has 2 bridgehead atoms. The Labute approximate surface area is 133 Å². The van der Waals surface area contributed by atoms with Crippen LogP contribution >= 0.6 is 11.3 Å². The van der Waals surface area contributed by atoms with Gasteiger partial charge in [0.05, 0.1) is 10.7 Å². The Balaban J connectivity index is 1.69. The average molecular weight is 308 g/mol. The van der Waals surface area contributed by atoms with E-state index in [9.17, 15) is 0 Å². The summed E-state index contributed by atoms with van der Waals surface area (Å²) in [4.78, 5) is 8.78. The average Bonchev–Trinajstić information content (AvgIpc) is 2.85. The smallest absolute Gasteiger partial charge is 0.0946 e. The fourth-order valence-corrected chi connectivity index (χ4v) is 5.26. The van der Waals surface area contributed by atoms with Gasteiger partial charge in [0, 0.05) is 29.4 Å². The summed E-state index contributed by atoms with van der Waals surface area (Å²) in [6.07, 6.45) is 6.67. The molecule has 0 radical (unpaired) electrons. The van der Waals surface area contributed by atoms with Gasteiger partial charge in [-0.05, 0) is 59.0 Å². The molecule has 3 unspecified atom stereocenters. The molecule has 2 aliphatic rings. The Kier molecular flexibility index (Phi) is 4.67. The molecule has 1 aromatic heterocycles. The molecule has 21 heavy (non-hydrogen) atoms. The van der Waals surface area contributed by atoms with Gasteiger partial charge in [-0.1, -0.05) is 6.92 Å². The predicted molar refractivity (Wildman–Crippen MR) is 90.1 cm³/mol. The second kappa shape index (κ2) is 6.35. The van der Waals surface area contributed by atoms with Crippen LogP contribution in [0, 0.1) is 19.8 Å². The van der Waals surface area contributed by atoms with E-state index in [1.807, 2.05) is 11.3 Å². The second-order valence-corrected chi connectivity index (χ2v) is 8.19. The molecule has 2 aliphatic heterocycles. The Hall–Kier alpha value is -0.450. The third-order valence-corrected chi connectivity index (χ3v) is 6.73. The van der Waals surface area contributed by atoms with Crippen molar-refractivity contribution in [3.8, 4) is 0 Å². The Morgan fingerprint density at radius 3 is 2.48 bits per heavy atom. The summed E-state index contributed by atoms with van der Waals surface area (Å²) in [7, 11) is 2.33. The molecule has 3 nitrogen and oxygen atoms in total. The molecule has 1 aromatic rings. The van der Waals surface area contributed by atoms with E-state index in [1.165, 1.54) is 41.3 Å². The number of nitrogens with zero attached hydrogens (tertiary/aromatic N) is 2. The normalized spacial score (nSPS) is 30.8. The molecule has 0 saturated carbocycles. The molecule has 3 heterocycles. The van der Waals surface area contributed by atoms with Crippen molar-refractivity contribution in [3.63, 3.8) is 0 Å². The molecular formula is C17H29N3S. The third-order valence-electron chi connectivity index (χ3n) is 5.64. The Morgan fingerprint density at radius 2 is 1.95 bits per heavy atom. The van der Waals surface area contributed by atoms with Crippen molar-refractivity contribution in [2.75, 3.05) is 13.6 Å². The molecule has 2 fully saturated rings. The number of fused-ring (bicyclic) bond motifs is 2. The molecule has 0 spiro atoms. The first-order chi connectivity index (χ1) is 10.1. The van der Waals surface area contributed by atoms with Crippen LogP contribution in [-0.4, -0.2) is 41.6 Å². The van der Waals surface area contributed by atoms with Gasteiger partial charge in [0.1, 0.15) is 0 Å². The summed E-state index contributed by atoms with van der Waals surface area (Å²) >= 11 is 1.89. The van der Waals surface area contributed by atoms with Crippen LogP contribution in [0.5, 0.6) is 0 Å². The lowest BCUT2D eigenvalue weighted by Crippen LogP contribution is -2.47. The minimum Gasteiger partial charge on any atom is -0.314 e. The van der Waals surface area contributed by atoms with Crippen molar-refractivity contribution in [1.29, 1.82) is 0 Å². The second-order valence-electron chi connectivity index (χ2n) is 6.90. The summed E-state index contributed by atoms with van der Waals surface area (Å²) in [6.45, 7) is 7.62. The van der Waals surface area contributed by atoms with Gasteiger partial charge in [-0.2, -0.15) is 0 Å². The zero-order valence-corrected chi connectivity index (χ0v) is 14.7. The van der Waals surface area contributed by atoms with Gasteiger partial charge in [0.25, 0.3) is 0 Å². The maximum Gasteiger partial charge on any atom is 0.0946 e. The summed E-state index contributed by atoms with van der Waals surface area (Å²) in [5.74, 6) is 0.822. The molecule has 1 N–H and O–H groups in total. The molecule has 3 atom stereocenters. The fourth-order valence-electron chi connectivity index (χ4n) is 4.26. The first-order valence-electron chi connectivity index (χ1n) is 8.46. The van der Waals surface area contributed by atoms with Gasteiger partial charge in [0.15, 0.2) is 0 Å². The SMILES string of the molecule is CCNC(Cc1nc(C)c(C)s1)C1CC2CCC(C1)N2C. The maximum atomic E-state index is 4.76. The van der Waals surface area contributed by atoms with Crippen LogP contribution < -0.4 is 5.32 Å². The van der Waals surface area contributed by atoms with Crippen molar-refractivity contribution in [3.05, 3.63) is 15.6 Å². The lowest BCUT2D eigenvalue weighted by Gasteiger charge is -2.40. The van der Waals surface area contributed by atoms with Crippen molar-refractivity contribution < 1.29 is 0 Å². The highest BCUT2D eigenvalue weighted by atomic mass is 32.1. The number of rotatable bonds is 5. The van der Waals surface area contributed by atoms with Gasteiger partial charge >= 0.3 is 0 Å². The fraction of sp³-hybridized carbons (Fsp3) is 0.824. The minimum atomic E-state index is 0.608. The zero-order chi connectivity index (χ0) is 15.0. The summed E-state index contributed by atoms with van der Waals surface area (Å²) < 4.78 is 0. The molecule has 4 heteroatoms. The highest BCUT2D eigenvalue weighted by Crippen LogP contribution is 2.39. The van der Waals surface area contributed by atoms with E-state index in [1.54, 1.807) is 0 Å². The standard InChI is InChI=1S/C17H29N3S/c1-5-18-16(10-17-19-11(2)12(3)21-17)13-8-14-6-7-15(9-13)20(14)4/h13-16,18H,5-10H2,1-4H3. The zero-order valence-electron chi connectivity index (χ0n) is 13.9. The Bertz CT molecular complexity index is 451. The van der Waals surface area contributed by atoms with E-state index in [4.69, 9.17) is 4.98 Å². The topological polar surface area (TPSA) is 28.2 Å². The van der Waals surface area contributed by atoms with Crippen molar-refractivity contribution in [2.24, 2.45) is 5.92 Å². The van der Waals surface area contributed by atoms with Crippen LogP contribution in [-0.2, 0) is 6.42 Å². The van der Waals surface area contributed by atoms with Crippen LogP contribution in [0.2, 0.25) is 0 Å². The van der Waals surface area contributed by atoms with Crippen molar-refractivity contribution in [2.45, 2.75) is 71.0 Å². The first-order valence-corrected chi connectivity index (χ1v) is 9.28. The number of likely N-dealkylation sites (N-methyl/N-ethyl adjacent to an activating group) is 1. The maximum absolute atomic E-state index is 4.76. The van der Waals surface area contributed by atoms with Gasteiger partial charge in [-0.15, -0.1) is 11.3 Å². The monoisotopic (exact) mass is 307 g/mol. The molecule has 0 aromatic carbocycles. The number of thiazole rings is 1. The highest BCUT2D eigenvalue weighted by molar-refractivity contribution is 7.11. The minimum absolute atomic E-state index is 0.608. The molecule has 0 amide bonds. The summed E-state index contributed by atoms with van der Waals surface area (Å²) in [5.41, 5.74) is 1.22. The van der Waals surface area contributed by atoms with E-state index < -0.39 is 0 Å². The molecule has 0 aliphatic carbocycles. The molecule has 3 rings (SSSR count). The van der Waals surface area contributed by atoms with Crippen LogP contribution in [0.4, 0.5) is 0 Å². The first kappa shape index (κ1) is 15.4. The number of hydrogen-bond acceptors (Lipinski definition) is 4. The number of nitrogens with one attached hydrogen (secondary N) is 1. The van der Waals surface area contributed by atoms with E-state index >= 15 is 0 Å². The third kappa shape index (κ3) is 3.17. The van der Waals surface area contributed by atoms with Crippen molar-refractivity contribution in [1.82, 2.24) is 15.2 Å². The largest absolute Gasteiger partial charge is 0.314 e. The van der Waals surface area contributed by atoms with Crippen LogP contribution in [0.25, 0.3) is 0 Å².